The van der Waals surface area contributed by atoms with Crippen LogP contribution in [0.5, 0.6) is 0 Å². The van der Waals surface area contributed by atoms with Gasteiger partial charge in [0.15, 0.2) is 0 Å². The molecule has 20 heteroatoms. The van der Waals surface area contributed by atoms with Gasteiger partial charge < -0.3 is 25.5 Å². The van der Waals surface area contributed by atoms with Crippen LogP contribution in [0.3, 0.4) is 0 Å². The molecule has 340 valence electrons. The molecular weight excluding hydrogens is 852 g/mol. The van der Waals surface area contributed by atoms with Crippen molar-refractivity contribution in [2.24, 2.45) is 5.92 Å². The Morgan fingerprint density at radius 3 is 2.16 bits per heavy atom. The molecule has 16 nitrogen and oxygen atoms in total. The van der Waals surface area contributed by atoms with Crippen molar-refractivity contribution in [1.29, 1.82) is 0 Å². The minimum atomic E-state index is -4.85. The molecule has 4 fully saturated rings. The molecule has 4 N–H and O–H groups in total. The summed E-state index contributed by atoms with van der Waals surface area (Å²) in [7, 11) is -0.647. The number of likely N-dealkylation sites (N-methyl/N-ethyl adjacent to an activating group) is 1. The average molecular weight is 904 g/mol. The molecular formula is C44H52F3N11O5S. The number of aryl methyl sites for hydroxylation is 2. The Morgan fingerprint density at radius 2 is 1.53 bits per heavy atom. The van der Waals surface area contributed by atoms with E-state index in [-0.39, 0.29) is 48.2 Å². The smallest absolute Gasteiger partial charge is 0.388 e. The zero-order valence-corrected chi connectivity index (χ0v) is 37.1. The third kappa shape index (κ3) is 7.91. The van der Waals surface area contributed by atoms with Gasteiger partial charge in [-0.3, -0.25) is 19.4 Å². The van der Waals surface area contributed by atoms with Crippen LogP contribution >= 0.6 is 0 Å². The summed E-state index contributed by atoms with van der Waals surface area (Å²) in [4.78, 5) is 52.9. The van der Waals surface area contributed by atoms with E-state index in [1.54, 1.807) is 32.0 Å². The molecule has 5 aliphatic rings. The lowest BCUT2D eigenvalue weighted by Crippen LogP contribution is -2.63. The molecule has 2 aliphatic carbocycles. The predicted molar refractivity (Wildman–Crippen MR) is 235 cm³/mol. The number of β-amino-alcohol motifs (C(OH)–C–C–N with tert-alkyl or cyclic N) is 1. The first-order valence-corrected chi connectivity index (χ1v) is 23.1. The zero-order valence-electron chi connectivity index (χ0n) is 36.3. The minimum Gasteiger partial charge on any atom is -0.388 e. The number of fused-ring (bicyclic) bond motifs is 2. The Kier molecular flexibility index (Phi) is 10.9. The topological polar surface area (TPSA) is 189 Å². The predicted octanol–water partition coefficient (Wildman–Crippen LogP) is 5.54. The van der Waals surface area contributed by atoms with Crippen LogP contribution in [0.4, 0.5) is 53.8 Å². The van der Waals surface area contributed by atoms with Crippen molar-refractivity contribution in [3.63, 3.8) is 0 Å². The summed E-state index contributed by atoms with van der Waals surface area (Å²) in [5, 5.41) is 17.9. The number of carbonyl (C=O) groups excluding carboxylic acids is 2. The Hall–Kier alpha value is -5.44. The normalized spacial score (nSPS) is 23.9. The highest BCUT2D eigenvalue weighted by molar-refractivity contribution is 7.89. The van der Waals surface area contributed by atoms with Gasteiger partial charge in [0.1, 0.15) is 17.2 Å². The second kappa shape index (κ2) is 15.9. The maximum absolute atomic E-state index is 14.6. The standard InChI is InChI=1S/C44H52F3N11O5S/c1-25-18-29(10-12-33(25)51-41-49-21-31-37(54-41)58(28-8-6-7-9-28)39(60)43(31)14-15-43)57-17-16-55(5)35(38(57)59)27-20-42(3,61)24-56(23-27)36-32(44(45,46)47)22-50-40(53-36)52-34-13-11-30(19-26(34)2)64(62,63)48-4/h10-13,18-19,21-22,27-28,35,48,61H,6-9,14-17,20,23-24H2,1-5H3,(H,49,51,54)(H,50,52,53)/t27?,35?,42-/m0/s1. The van der Waals surface area contributed by atoms with Crippen LogP contribution in [-0.2, 0) is 31.2 Å². The number of aromatic nitrogens is 4. The van der Waals surface area contributed by atoms with Gasteiger partial charge in [0.2, 0.25) is 33.7 Å². The van der Waals surface area contributed by atoms with Crippen molar-refractivity contribution in [2.45, 2.75) is 99.9 Å². The van der Waals surface area contributed by atoms with Crippen molar-refractivity contribution in [1.82, 2.24) is 29.6 Å². The van der Waals surface area contributed by atoms with E-state index in [0.29, 0.717) is 48.0 Å². The van der Waals surface area contributed by atoms with Crippen molar-refractivity contribution in [3.8, 4) is 0 Å². The van der Waals surface area contributed by atoms with Crippen LogP contribution in [0.2, 0.25) is 0 Å². The Labute approximate surface area is 369 Å². The summed E-state index contributed by atoms with van der Waals surface area (Å²) < 4.78 is 70.8. The molecule has 64 heavy (non-hydrogen) atoms. The first kappa shape index (κ1) is 43.8. The van der Waals surface area contributed by atoms with Gasteiger partial charge in [-0.05, 0) is 114 Å². The molecule has 2 amide bonds. The number of halogens is 3. The van der Waals surface area contributed by atoms with E-state index in [4.69, 9.17) is 4.98 Å². The van der Waals surface area contributed by atoms with Crippen LogP contribution in [-0.4, -0.2) is 108 Å². The van der Waals surface area contributed by atoms with Crippen LogP contribution in [0.25, 0.3) is 0 Å². The van der Waals surface area contributed by atoms with E-state index in [0.717, 1.165) is 55.3 Å². The van der Waals surface area contributed by atoms with Crippen molar-refractivity contribution >= 4 is 62.4 Å². The number of anilines is 7. The van der Waals surface area contributed by atoms with Gasteiger partial charge in [0.25, 0.3) is 0 Å². The van der Waals surface area contributed by atoms with Crippen molar-refractivity contribution in [2.75, 3.05) is 65.6 Å². The summed E-state index contributed by atoms with van der Waals surface area (Å²) in [5.74, 6) is -0.262. The van der Waals surface area contributed by atoms with E-state index < -0.39 is 50.6 Å². The number of nitrogens with zero attached hydrogens (tertiary/aromatic N) is 8. The highest BCUT2D eigenvalue weighted by atomic mass is 32.2. The number of piperidine rings is 1. The molecule has 3 atom stereocenters. The lowest BCUT2D eigenvalue weighted by molar-refractivity contribution is -0.138. The molecule has 2 aromatic carbocycles. The summed E-state index contributed by atoms with van der Waals surface area (Å²) in [5.41, 5.74) is 0.884. The van der Waals surface area contributed by atoms with Gasteiger partial charge in [-0.2, -0.15) is 23.1 Å². The number of benzene rings is 2. The molecule has 1 spiro atoms. The average Bonchev–Trinajstić information content (AvgIpc) is 3.80. The highest BCUT2D eigenvalue weighted by Gasteiger charge is 2.61. The van der Waals surface area contributed by atoms with Crippen LogP contribution < -0.4 is 30.1 Å². The Morgan fingerprint density at radius 1 is 0.891 bits per heavy atom. The minimum absolute atomic E-state index is 0.0106. The number of nitrogens with one attached hydrogen (secondary N) is 3. The quantitative estimate of drug-likeness (QED) is 0.155. The lowest BCUT2D eigenvalue weighted by atomic mass is 9.80. The first-order chi connectivity index (χ1) is 30.3. The van der Waals surface area contributed by atoms with E-state index in [9.17, 15) is 36.3 Å². The van der Waals surface area contributed by atoms with E-state index >= 15 is 0 Å². The molecule has 0 bridgehead atoms. The van der Waals surface area contributed by atoms with Gasteiger partial charge in [-0.25, -0.2) is 23.1 Å². The number of carbonyl (C=O) groups is 2. The monoisotopic (exact) mass is 903 g/mol. The first-order valence-electron chi connectivity index (χ1n) is 21.6. The lowest BCUT2D eigenvalue weighted by Gasteiger charge is -2.49. The fraction of sp³-hybridized carbons (Fsp3) is 0.500. The Balaban J connectivity index is 0.948. The number of hydrogen-bond donors (Lipinski definition) is 4. The third-order valence-corrected chi connectivity index (χ3v) is 15.0. The maximum atomic E-state index is 14.6. The molecule has 3 aliphatic heterocycles. The van der Waals surface area contributed by atoms with Crippen molar-refractivity contribution in [3.05, 3.63) is 71.0 Å². The maximum Gasteiger partial charge on any atom is 0.421 e. The summed E-state index contributed by atoms with van der Waals surface area (Å²) in [6.07, 6.45) is 3.51. The number of rotatable bonds is 10. The SMILES string of the molecule is CNS(=O)(=O)c1ccc(Nc2ncc(C(F)(F)F)c(N3CC(C4C(=O)N(c5ccc(Nc6ncc7c(n6)N(C6CCCC6)C(=O)C76CC6)c(C)c5)CCN4C)C[C@](C)(O)C3)n2)c(C)c1. The number of alkyl halides is 3. The van der Waals surface area contributed by atoms with Gasteiger partial charge in [0.05, 0.1) is 22.0 Å². The Bertz CT molecular complexity index is 2640. The van der Waals surface area contributed by atoms with Gasteiger partial charge in [-0.15, -0.1) is 0 Å². The second-order valence-corrected chi connectivity index (χ2v) is 20.1. The molecule has 2 saturated carbocycles. The van der Waals surface area contributed by atoms with E-state index in [1.807, 2.05) is 34.9 Å². The largest absolute Gasteiger partial charge is 0.421 e. The molecule has 2 unspecified atom stereocenters. The molecule has 5 heterocycles. The molecule has 4 aromatic rings. The zero-order chi connectivity index (χ0) is 45.5. The van der Waals surface area contributed by atoms with Crippen LogP contribution in [0.15, 0.2) is 53.7 Å². The second-order valence-electron chi connectivity index (χ2n) is 18.2. The number of sulfonamides is 1. The number of aliphatic hydroxyl groups is 1. The fourth-order valence-corrected chi connectivity index (χ4v) is 11.0. The third-order valence-electron chi connectivity index (χ3n) is 13.6. The molecule has 0 radical (unpaired) electrons. The molecule has 2 saturated heterocycles. The van der Waals surface area contributed by atoms with E-state index in [2.05, 4.69) is 30.3 Å². The fourth-order valence-electron chi connectivity index (χ4n) is 10.1. The summed E-state index contributed by atoms with van der Waals surface area (Å²) in [6.45, 7) is 5.72. The van der Waals surface area contributed by atoms with Gasteiger partial charge >= 0.3 is 6.18 Å². The number of hydrogen-bond acceptors (Lipinski definition) is 13. The van der Waals surface area contributed by atoms with Gasteiger partial charge in [0, 0.05) is 73.2 Å². The van der Waals surface area contributed by atoms with Gasteiger partial charge in [-0.1, -0.05) is 12.8 Å². The number of piperazine rings is 1. The molecule has 2 aromatic heterocycles. The molecule has 9 rings (SSSR count). The van der Waals surface area contributed by atoms with E-state index in [1.165, 1.54) is 30.1 Å². The highest BCUT2D eigenvalue weighted by Crippen LogP contribution is 2.58. The van der Waals surface area contributed by atoms with Crippen LogP contribution in [0.1, 0.15) is 74.1 Å². The number of amides is 2. The van der Waals surface area contributed by atoms with Crippen LogP contribution in [0, 0.1) is 19.8 Å². The summed E-state index contributed by atoms with van der Waals surface area (Å²) >= 11 is 0. The summed E-state index contributed by atoms with van der Waals surface area (Å²) in [6, 6.07) is 9.20. The van der Waals surface area contributed by atoms with Crippen molar-refractivity contribution < 1.29 is 36.3 Å².